The molecular weight excluding hydrogens is 328 g/mol. The van der Waals surface area contributed by atoms with Crippen LogP contribution in [-0.4, -0.2) is 23.2 Å². The van der Waals surface area contributed by atoms with Gasteiger partial charge in [0.25, 0.3) is 0 Å². The second-order valence-electron chi connectivity index (χ2n) is 5.46. The van der Waals surface area contributed by atoms with Crippen molar-refractivity contribution in [1.29, 1.82) is 0 Å². The van der Waals surface area contributed by atoms with Crippen LogP contribution in [0.4, 0.5) is 10.5 Å². The lowest BCUT2D eigenvalue weighted by Crippen LogP contribution is -2.34. The molecule has 1 aliphatic rings. The van der Waals surface area contributed by atoms with E-state index in [9.17, 15) is 4.79 Å². The number of benzene rings is 2. The number of amides is 2. The van der Waals surface area contributed by atoms with E-state index in [4.69, 9.17) is 11.6 Å². The first-order valence-electron chi connectivity index (χ1n) is 7.71. The number of halogens is 1. The number of rotatable bonds is 3. The van der Waals surface area contributed by atoms with E-state index in [2.05, 4.69) is 18.3 Å². The van der Waals surface area contributed by atoms with Crippen LogP contribution in [0.1, 0.15) is 23.4 Å². The van der Waals surface area contributed by atoms with Gasteiger partial charge in [0.2, 0.25) is 0 Å². The first-order chi connectivity index (χ1) is 11.2. The number of urea groups is 1. The number of anilines is 1. The third kappa shape index (κ3) is 3.82. The zero-order valence-corrected chi connectivity index (χ0v) is 14.5. The molecule has 0 aromatic heterocycles. The maximum Gasteiger partial charge on any atom is 0.323 e. The first kappa shape index (κ1) is 16.2. The van der Waals surface area contributed by atoms with Gasteiger partial charge in [-0.15, -0.1) is 11.8 Å². The standard InChI is InChI=1S/C18H19ClN2OS/c1-2-13-5-3-8-16(11-13)20-18(22)21-9-10-23-17(21)14-6-4-7-15(19)12-14/h3-8,11-12,17H,2,9-10H2,1H3,(H,20,22). The summed E-state index contributed by atoms with van der Waals surface area (Å²) in [6.07, 6.45) is 0.953. The third-order valence-electron chi connectivity index (χ3n) is 3.87. The average Bonchev–Trinajstić information content (AvgIpc) is 3.05. The molecule has 2 aromatic carbocycles. The number of aryl methyl sites for hydroxylation is 1. The molecule has 0 bridgehead atoms. The van der Waals surface area contributed by atoms with E-state index in [1.54, 1.807) is 11.8 Å². The number of nitrogens with one attached hydrogen (secondary N) is 1. The first-order valence-corrected chi connectivity index (χ1v) is 9.13. The monoisotopic (exact) mass is 346 g/mol. The van der Waals surface area contributed by atoms with E-state index in [0.717, 1.165) is 30.0 Å². The molecular formula is C18H19ClN2OS. The Morgan fingerprint density at radius 1 is 1.30 bits per heavy atom. The third-order valence-corrected chi connectivity index (χ3v) is 5.37. The molecule has 3 rings (SSSR count). The number of hydrogen-bond acceptors (Lipinski definition) is 2. The molecule has 1 saturated heterocycles. The molecule has 0 aliphatic carbocycles. The van der Waals surface area contributed by atoms with Crippen molar-refractivity contribution in [2.75, 3.05) is 17.6 Å². The summed E-state index contributed by atoms with van der Waals surface area (Å²) >= 11 is 7.85. The molecule has 2 aromatic rings. The van der Waals surface area contributed by atoms with Gasteiger partial charge in [0.1, 0.15) is 5.37 Å². The lowest BCUT2D eigenvalue weighted by Gasteiger charge is -2.24. The molecule has 1 aliphatic heterocycles. The minimum Gasteiger partial charge on any atom is -0.308 e. The van der Waals surface area contributed by atoms with Crippen LogP contribution in [0, 0.1) is 0 Å². The van der Waals surface area contributed by atoms with E-state index in [1.807, 2.05) is 47.4 Å². The molecule has 120 valence electrons. The zero-order chi connectivity index (χ0) is 16.2. The minimum atomic E-state index is -0.0618. The van der Waals surface area contributed by atoms with Crippen molar-refractivity contribution in [3.05, 3.63) is 64.7 Å². The molecule has 1 atom stereocenters. The molecule has 0 saturated carbocycles. The molecule has 1 N–H and O–H groups in total. The Morgan fingerprint density at radius 3 is 2.91 bits per heavy atom. The molecule has 2 amide bonds. The molecule has 1 unspecified atom stereocenters. The fraction of sp³-hybridized carbons (Fsp3) is 0.278. The zero-order valence-electron chi connectivity index (χ0n) is 13.0. The second kappa shape index (κ2) is 7.28. The van der Waals surface area contributed by atoms with Crippen LogP contribution < -0.4 is 5.32 Å². The molecule has 0 spiro atoms. The van der Waals surface area contributed by atoms with Crippen LogP contribution in [-0.2, 0) is 6.42 Å². The van der Waals surface area contributed by atoms with E-state index < -0.39 is 0 Å². The van der Waals surface area contributed by atoms with Crippen molar-refractivity contribution >= 4 is 35.1 Å². The Balaban J connectivity index is 1.75. The van der Waals surface area contributed by atoms with Crippen molar-refractivity contribution in [3.63, 3.8) is 0 Å². The lowest BCUT2D eigenvalue weighted by molar-refractivity contribution is 0.214. The Bertz CT molecular complexity index is 707. The molecule has 0 radical (unpaired) electrons. The molecule has 23 heavy (non-hydrogen) atoms. The number of hydrogen-bond donors (Lipinski definition) is 1. The maximum atomic E-state index is 12.7. The summed E-state index contributed by atoms with van der Waals surface area (Å²) in [7, 11) is 0. The normalized spacial score (nSPS) is 17.3. The van der Waals surface area contributed by atoms with Crippen LogP contribution in [0.3, 0.4) is 0 Å². The van der Waals surface area contributed by atoms with Gasteiger partial charge >= 0.3 is 6.03 Å². The summed E-state index contributed by atoms with van der Waals surface area (Å²) in [4.78, 5) is 14.5. The van der Waals surface area contributed by atoms with Crippen molar-refractivity contribution in [1.82, 2.24) is 4.90 Å². The van der Waals surface area contributed by atoms with Gasteiger partial charge in [-0.05, 0) is 41.8 Å². The summed E-state index contributed by atoms with van der Waals surface area (Å²) in [6, 6.07) is 15.7. The second-order valence-corrected chi connectivity index (χ2v) is 7.08. The highest BCUT2D eigenvalue weighted by Gasteiger charge is 2.30. The molecule has 3 nitrogen and oxygen atoms in total. The average molecular weight is 347 g/mol. The molecule has 1 heterocycles. The minimum absolute atomic E-state index is 0.0167. The fourth-order valence-corrected chi connectivity index (χ4v) is 4.12. The summed E-state index contributed by atoms with van der Waals surface area (Å²) in [5.41, 5.74) is 3.12. The smallest absolute Gasteiger partial charge is 0.308 e. The fourth-order valence-electron chi connectivity index (χ4n) is 2.68. The quantitative estimate of drug-likeness (QED) is 0.830. The number of thioether (sulfide) groups is 1. The summed E-state index contributed by atoms with van der Waals surface area (Å²) in [5.74, 6) is 0.930. The molecule has 5 heteroatoms. The van der Waals surface area contributed by atoms with Gasteiger partial charge in [-0.1, -0.05) is 42.8 Å². The van der Waals surface area contributed by atoms with E-state index in [0.29, 0.717) is 5.02 Å². The van der Waals surface area contributed by atoms with Gasteiger partial charge in [-0.2, -0.15) is 0 Å². The van der Waals surface area contributed by atoms with Crippen molar-refractivity contribution in [3.8, 4) is 0 Å². The molecule has 1 fully saturated rings. The lowest BCUT2D eigenvalue weighted by atomic mass is 10.1. The van der Waals surface area contributed by atoms with E-state index in [-0.39, 0.29) is 11.4 Å². The van der Waals surface area contributed by atoms with Gasteiger partial charge in [-0.3, -0.25) is 0 Å². The van der Waals surface area contributed by atoms with Gasteiger partial charge < -0.3 is 10.2 Å². The van der Waals surface area contributed by atoms with Crippen LogP contribution in [0.25, 0.3) is 0 Å². The van der Waals surface area contributed by atoms with Gasteiger partial charge in [0.05, 0.1) is 0 Å². The summed E-state index contributed by atoms with van der Waals surface area (Å²) in [5, 5.41) is 3.73. The number of carbonyl (C=O) groups is 1. The number of nitrogens with zero attached hydrogens (tertiary/aromatic N) is 1. The Hall–Kier alpha value is -1.65. The van der Waals surface area contributed by atoms with Crippen LogP contribution in [0.2, 0.25) is 5.02 Å². The highest BCUT2D eigenvalue weighted by Crippen LogP contribution is 2.38. The highest BCUT2D eigenvalue weighted by atomic mass is 35.5. The van der Waals surface area contributed by atoms with Crippen LogP contribution >= 0.6 is 23.4 Å². The van der Waals surface area contributed by atoms with Crippen molar-refractivity contribution in [2.24, 2.45) is 0 Å². The van der Waals surface area contributed by atoms with Gasteiger partial charge in [0, 0.05) is 23.0 Å². The van der Waals surface area contributed by atoms with Crippen LogP contribution in [0.15, 0.2) is 48.5 Å². The topological polar surface area (TPSA) is 32.3 Å². The largest absolute Gasteiger partial charge is 0.323 e. The Labute approximate surface area is 146 Å². The Kier molecular flexibility index (Phi) is 5.13. The van der Waals surface area contributed by atoms with E-state index in [1.165, 1.54) is 5.56 Å². The maximum absolute atomic E-state index is 12.7. The SMILES string of the molecule is CCc1cccc(NC(=O)N2CCSC2c2cccc(Cl)c2)c1. The van der Waals surface area contributed by atoms with Gasteiger partial charge in [0.15, 0.2) is 0 Å². The van der Waals surface area contributed by atoms with E-state index >= 15 is 0 Å². The van der Waals surface area contributed by atoms with Gasteiger partial charge in [-0.25, -0.2) is 4.79 Å². The predicted molar refractivity (Wildman–Crippen MR) is 98.2 cm³/mol. The summed E-state index contributed by atoms with van der Waals surface area (Å²) < 4.78 is 0. The predicted octanol–water partition coefficient (Wildman–Crippen LogP) is 5.18. The number of carbonyl (C=O) groups excluding carboxylic acids is 1. The highest BCUT2D eigenvalue weighted by molar-refractivity contribution is 7.99. The van der Waals surface area contributed by atoms with Crippen molar-refractivity contribution < 1.29 is 4.79 Å². The Morgan fingerprint density at radius 2 is 2.13 bits per heavy atom. The summed E-state index contributed by atoms with van der Waals surface area (Å²) in [6.45, 7) is 2.84. The van der Waals surface area contributed by atoms with Crippen molar-refractivity contribution in [2.45, 2.75) is 18.7 Å². The van der Waals surface area contributed by atoms with Crippen LogP contribution in [0.5, 0.6) is 0 Å².